The number of nitrogens with zero attached hydrogens (tertiary/aromatic N) is 3. The molecule has 6 nitrogen and oxygen atoms in total. The molecule has 1 aliphatic heterocycles. The molecule has 0 saturated carbocycles. The van der Waals surface area contributed by atoms with Gasteiger partial charge in [0.05, 0.1) is 6.54 Å². The lowest BCUT2D eigenvalue weighted by Gasteiger charge is -2.31. The van der Waals surface area contributed by atoms with E-state index in [0.717, 1.165) is 50.4 Å². The lowest BCUT2D eigenvalue weighted by Crippen LogP contribution is -2.44. The fraction of sp³-hybridized carbons (Fsp3) is 0.588. The summed E-state index contributed by atoms with van der Waals surface area (Å²) in [6.07, 6.45) is 5.55. The van der Waals surface area contributed by atoms with Crippen molar-refractivity contribution in [2.45, 2.75) is 81.7 Å². The number of nitrogens with one attached hydrogen (secondary N) is 1. The van der Waals surface area contributed by atoms with Crippen molar-refractivity contribution in [2.24, 2.45) is 0 Å². The highest BCUT2D eigenvalue weighted by Gasteiger charge is 2.14. The molecule has 0 spiro atoms. The first-order chi connectivity index (χ1) is 19.0. The zero-order valence-corrected chi connectivity index (χ0v) is 27.3. The number of piperazine rings is 1. The van der Waals surface area contributed by atoms with Gasteiger partial charge in [0.25, 0.3) is 0 Å². The Hall–Kier alpha value is -2.88. The van der Waals surface area contributed by atoms with E-state index in [0.29, 0.717) is 24.6 Å². The molecule has 0 atom stereocenters. The van der Waals surface area contributed by atoms with Crippen molar-refractivity contribution in [3.8, 4) is 11.8 Å². The molecule has 6 heteroatoms. The molecular weight excluding hydrogens is 496 g/mol. The second-order valence-electron chi connectivity index (χ2n) is 10.6. The monoisotopic (exact) mass is 552 g/mol. The molecule has 1 amide bonds. The van der Waals surface area contributed by atoms with E-state index in [9.17, 15) is 9.59 Å². The zero-order chi connectivity index (χ0) is 30.7. The Balaban J connectivity index is 0.000000804. The van der Waals surface area contributed by atoms with E-state index in [1.165, 1.54) is 30.2 Å². The Bertz CT molecular complexity index is 1020. The minimum atomic E-state index is -0.00931. The fourth-order valence-electron chi connectivity index (χ4n) is 4.32. The van der Waals surface area contributed by atoms with Crippen molar-refractivity contribution in [1.29, 1.82) is 0 Å². The summed E-state index contributed by atoms with van der Waals surface area (Å²) in [4.78, 5) is 28.4. The van der Waals surface area contributed by atoms with E-state index in [2.05, 4.69) is 99.5 Å². The molecule has 40 heavy (non-hydrogen) atoms. The number of carbonyl (C=O) groups is 2. The van der Waals surface area contributed by atoms with Gasteiger partial charge >= 0.3 is 0 Å². The first kappa shape index (κ1) is 37.1. The van der Waals surface area contributed by atoms with E-state index in [1.807, 2.05) is 26.0 Å². The highest BCUT2D eigenvalue weighted by molar-refractivity contribution is 5.95. The van der Waals surface area contributed by atoms with Gasteiger partial charge in [0.2, 0.25) is 6.41 Å². The van der Waals surface area contributed by atoms with Crippen molar-refractivity contribution >= 4 is 17.9 Å². The number of Topliss-reactive ketones (excluding diaryl/α,β-unsaturated/α-hetero) is 1. The Kier molecular flexibility index (Phi) is 19.4. The van der Waals surface area contributed by atoms with Crippen LogP contribution in [-0.2, 0) is 9.59 Å². The SMILES string of the molecule is C/C=C\C(C)=C(\CNC=O)C(C)=O.CCC.CCN(c1cc(C#CCN2CCN(C)CC2)cc(C)c1C)C(C)C. The number of amides is 1. The van der Waals surface area contributed by atoms with Crippen LogP contribution in [0.15, 0.2) is 35.4 Å². The Morgan fingerprint density at radius 1 is 1.10 bits per heavy atom. The molecule has 1 N–H and O–H groups in total. The second kappa shape index (κ2) is 20.9. The predicted molar refractivity (Wildman–Crippen MR) is 173 cm³/mol. The number of hydrogen-bond acceptors (Lipinski definition) is 5. The molecule has 0 aliphatic carbocycles. The first-order valence-corrected chi connectivity index (χ1v) is 14.7. The van der Waals surface area contributed by atoms with Gasteiger partial charge < -0.3 is 15.1 Å². The number of carbonyl (C=O) groups excluding carboxylic acids is 2. The summed E-state index contributed by atoms with van der Waals surface area (Å²) < 4.78 is 0. The number of hydrogen-bond donors (Lipinski definition) is 1. The maximum Gasteiger partial charge on any atom is 0.207 e. The van der Waals surface area contributed by atoms with E-state index >= 15 is 0 Å². The first-order valence-electron chi connectivity index (χ1n) is 14.7. The van der Waals surface area contributed by atoms with Crippen LogP contribution in [0.1, 0.15) is 78.5 Å². The van der Waals surface area contributed by atoms with Gasteiger partial charge in [-0.1, -0.05) is 44.3 Å². The number of benzene rings is 1. The minimum Gasteiger partial charge on any atom is -0.369 e. The second-order valence-corrected chi connectivity index (χ2v) is 10.6. The van der Waals surface area contributed by atoms with E-state index in [1.54, 1.807) is 0 Å². The molecular formula is C34H56N4O2. The van der Waals surface area contributed by atoms with Crippen LogP contribution in [-0.4, -0.2) is 80.9 Å². The molecule has 0 unspecified atom stereocenters. The lowest BCUT2D eigenvalue weighted by atomic mass is 10.0. The average Bonchev–Trinajstić information content (AvgIpc) is 2.89. The van der Waals surface area contributed by atoms with E-state index < -0.39 is 0 Å². The van der Waals surface area contributed by atoms with Gasteiger partial charge in [0.15, 0.2) is 5.78 Å². The summed E-state index contributed by atoms with van der Waals surface area (Å²) in [5.41, 5.74) is 6.71. The zero-order valence-electron chi connectivity index (χ0n) is 27.3. The summed E-state index contributed by atoms with van der Waals surface area (Å²) >= 11 is 0. The van der Waals surface area contributed by atoms with Gasteiger partial charge in [0, 0.05) is 62.1 Å². The summed E-state index contributed by atoms with van der Waals surface area (Å²) in [7, 11) is 2.19. The third-order valence-electron chi connectivity index (χ3n) is 6.72. The fourth-order valence-corrected chi connectivity index (χ4v) is 4.32. The summed E-state index contributed by atoms with van der Waals surface area (Å²) in [5, 5.41) is 2.48. The molecule has 2 rings (SSSR count). The molecule has 1 heterocycles. The quantitative estimate of drug-likeness (QED) is 0.183. The topological polar surface area (TPSA) is 55.9 Å². The smallest absolute Gasteiger partial charge is 0.207 e. The highest BCUT2D eigenvalue weighted by Crippen LogP contribution is 2.26. The third-order valence-corrected chi connectivity index (χ3v) is 6.72. The molecule has 224 valence electrons. The van der Waals surface area contributed by atoms with Gasteiger partial charge in [-0.2, -0.15) is 0 Å². The van der Waals surface area contributed by atoms with Crippen molar-refractivity contribution in [1.82, 2.24) is 15.1 Å². The summed E-state index contributed by atoms with van der Waals surface area (Å²) in [6, 6.07) is 4.99. The number of aryl methyl sites for hydroxylation is 1. The van der Waals surface area contributed by atoms with Crippen molar-refractivity contribution in [2.75, 3.05) is 57.8 Å². The largest absolute Gasteiger partial charge is 0.369 e. The van der Waals surface area contributed by atoms with E-state index in [-0.39, 0.29) is 5.78 Å². The third kappa shape index (κ3) is 14.0. The molecule has 1 aromatic carbocycles. The standard InChI is InChI=1S/C21H33N3.C10H15NO2.C3H8/c1-7-24(17(2)3)21-16-20(15-18(4)19(21)5)9-8-10-23-13-11-22(6)12-14-23;1-4-5-8(2)10(9(3)13)6-11-7-12;1-3-2/h15-17H,7,10-14H2,1-6H3;4-5,7H,6H2,1-3H3,(H,11,12);3H2,1-2H3/b;5-4-,10-8-;. The molecule has 1 aliphatic rings. The van der Waals surface area contributed by atoms with Crippen LogP contribution in [0.25, 0.3) is 0 Å². The van der Waals surface area contributed by atoms with Gasteiger partial charge in [0.1, 0.15) is 0 Å². The Morgan fingerprint density at radius 3 is 2.17 bits per heavy atom. The van der Waals surface area contributed by atoms with Crippen molar-refractivity contribution in [3.05, 3.63) is 52.1 Å². The average molecular weight is 553 g/mol. The minimum absolute atomic E-state index is 0.00931. The number of ketones is 1. The van der Waals surface area contributed by atoms with Crippen molar-refractivity contribution in [3.63, 3.8) is 0 Å². The van der Waals surface area contributed by atoms with Gasteiger partial charge in [-0.05, 0) is 91.3 Å². The van der Waals surface area contributed by atoms with Crippen LogP contribution < -0.4 is 10.2 Å². The number of anilines is 1. The maximum atomic E-state index is 11.1. The van der Waals surface area contributed by atoms with E-state index in [4.69, 9.17) is 0 Å². The Labute approximate surface area is 245 Å². The van der Waals surface area contributed by atoms with Crippen molar-refractivity contribution < 1.29 is 9.59 Å². The Morgan fingerprint density at radius 2 is 1.70 bits per heavy atom. The van der Waals surface area contributed by atoms with Gasteiger partial charge in [-0.3, -0.25) is 14.5 Å². The van der Waals surface area contributed by atoms with Crippen LogP contribution in [0.3, 0.4) is 0 Å². The highest BCUT2D eigenvalue weighted by atomic mass is 16.1. The molecule has 0 radical (unpaired) electrons. The predicted octanol–water partition coefficient (Wildman–Crippen LogP) is 5.77. The molecule has 1 aromatic rings. The number of likely N-dealkylation sites (N-methyl/N-ethyl adjacent to an activating group) is 1. The number of allylic oxidation sites excluding steroid dienone is 3. The number of rotatable bonds is 9. The van der Waals surface area contributed by atoms with Crippen LogP contribution >= 0.6 is 0 Å². The van der Waals surface area contributed by atoms with Crippen LogP contribution in [0.5, 0.6) is 0 Å². The summed E-state index contributed by atoms with van der Waals surface area (Å²) in [5.74, 6) is 6.77. The molecule has 0 aromatic heterocycles. The van der Waals surface area contributed by atoms with Gasteiger partial charge in [-0.15, -0.1) is 0 Å². The maximum absolute atomic E-state index is 11.1. The summed E-state index contributed by atoms with van der Waals surface area (Å²) in [6.45, 7) is 27.4. The van der Waals surface area contributed by atoms with Crippen LogP contribution in [0.2, 0.25) is 0 Å². The molecule has 0 bridgehead atoms. The molecule has 1 saturated heterocycles. The lowest BCUT2D eigenvalue weighted by molar-refractivity contribution is -0.113. The van der Waals surface area contributed by atoms with Crippen LogP contribution in [0.4, 0.5) is 5.69 Å². The molecule has 1 fully saturated rings. The van der Waals surface area contributed by atoms with Crippen LogP contribution in [0, 0.1) is 25.7 Å². The van der Waals surface area contributed by atoms with Gasteiger partial charge in [-0.25, -0.2) is 0 Å². The normalized spacial score (nSPS) is 14.2.